The Kier molecular flexibility index (Phi) is 4.98. The highest BCUT2D eigenvalue weighted by Gasteiger charge is 2.27. The van der Waals surface area contributed by atoms with Crippen molar-refractivity contribution in [3.8, 4) is 0 Å². The highest BCUT2D eigenvalue weighted by Crippen LogP contribution is 2.19. The molecule has 0 spiro atoms. The van der Waals surface area contributed by atoms with Gasteiger partial charge in [-0.3, -0.25) is 9.59 Å². The van der Waals surface area contributed by atoms with Crippen LogP contribution in [0.25, 0.3) is 0 Å². The lowest BCUT2D eigenvalue weighted by molar-refractivity contribution is -0.126. The third-order valence-corrected chi connectivity index (χ3v) is 3.51. The van der Waals surface area contributed by atoms with Gasteiger partial charge in [-0.2, -0.15) is 0 Å². The molecule has 1 aromatic rings. The number of ether oxygens (including phenoxy) is 1. The summed E-state index contributed by atoms with van der Waals surface area (Å²) in [4.78, 5) is 23.0. The normalized spacial score (nSPS) is 19.5. The van der Waals surface area contributed by atoms with Gasteiger partial charge < -0.3 is 15.4 Å². The second-order valence-corrected chi connectivity index (χ2v) is 5.12. The molecule has 6 heteroatoms. The number of methoxy groups -OCH3 is 1. The number of amides is 2. The number of carbonyl (C=O) groups is 2. The second kappa shape index (κ2) is 6.72. The minimum atomic E-state index is -0.431. The molecule has 1 aliphatic heterocycles. The maximum Gasteiger partial charge on any atom is 0.242 e. The van der Waals surface area contributed by atoms with E-state index in [2.05, 4.69) is 10.6 Å². The summed E-state index contributed by atoms with van der Waals surface area (Å²) in [6.45, 7) is 0.335. The fourth-order valence-electron chi connectivity index (χ4n) is 2.17. The van der Waals surface area contributed by atoms with Crippen LogP contribution in [0.1, 0.15) is 24.5 Å². The zero-order chi connectivity index (χ0) is 14.5. The van der Waals surface area contributed by atoms with Gasteiger partial charge in [-0.1, -0.05) is 23.7 Å². The Balaban J connectivity index is 1.91. The maximum atomic E-state index is 11.9. The molecule has 1 aromatic carbocycles. The summed E-state index contributed by atoms with van der Waals surface area (Å²) >= 11 is 5.94. The first-order chi connectivity index (χ1) is 9.60. The lowest BCUT2D eigenvalue weighted by atomic mass is 10.1. The fraction of sp³-hybridized carbons (Fsp3) is 0.429. The van der Waals surface area contributed by atoms with E-state index in [4.69, 9.17) is 16.3 Å². The Morgan fingerprint density at radius 1 is 1.60 bits per heavy atom. The molecule has 0 radical (unpaired) electrons. The van der Waals surface area contributed by atoms with E-state index in [1.807, 2.05) is 12.1 Å². The van der Waals surface area contributed by atoms with E-state index in [0.29, 0.717) is 24.4 Å². The predicted octanol–water partition coefficient (Wildman–Crippen LogP) is 1.42. The standard InChI is InChI=1S/C14H17ClN2O3/c1-20-12(9-3-2-4-10(15)7-9)8-16-14(19)11-5-6-13(18)17-11/h2-4,7,11-12H,5-6,8H2,1H3,(H,16,19)(H,17,18)/t11-,12?/m1/s1. The molecule has 1 heterocycles. The second-order valence-electron chi connectivity index (χ2n) is 4.68. The zero-order valence-corrected chi connectivity index (χ0v) is 11.9. The Hall–Kier alpha value is -1.59. The molecular weight excluding hydrogens is 280 g/mol. The van der Waals surface area contributed by atoms with Crippen molar-refractivity contribution in [1.29, 1.82) is 0 Å². The number of hydrogen-bond donors (Lipinski definition) is 2. The average molecular weight is 297 g/mol. The molecule has 1 unspecified atom stereocenters. The van der Waals surface area contributed by atoms with Crippen LogP contribution in [0.15, 0.2) is 24.3 Å². The number of benzene rings is 1. The van der Waals surface area contributed by atoms with E-state index in [-0.39, 0.29) is 17.9 Å². The average Bonchev–Trinajstić information content (AvgIpc) is 2.86. The summed E-state index contributed by atoms with van der Waals surface area (Å²) in [6.07, 6.45) is 0.675. The molecule has 1 aliphatic rings. The van der Waals surface area contributed by atoms with Crippen LogP contribution in [0, 0.1) is 0 Å². The van der Waals surface area contributed by atoms with Crippen molar-refractivity contribution in [1.82, 2.24) is 10.6 Å². The van der Waals surface area contributed by atoms with Crippen LogP contribution in [0.3, 0.4) is 0 Å². The smallest absolute Gasteiger partial charge is 0.242 e. The van der Waals surface area contributed by atoms with E-state index >= 15 is 0 Å². The molecule has 2 N–H and O–H groups in total. The summed E-state index contributed by atoms with van der Waals surface area (Å²) in [5, 5.41) is 6.05. The first-order valence-corrected chi connectivity index (χ1v) is 6.83. The lowest BCUT2D eigenvalue weighted by Crippen LogP contribution is -2.43. The summed E-state index contributed by atoms with van der Waals surface area (Å²) in [5.41, 5.74) is 0.899. The van der Waals surface area contributed by atoms with E-state index < -0.39 is 6.04 Å². The summed E-state index contributed by atoms with van der Waals surface area (Å²) < 4.78 is 5.36. The Morgan fingerprint density at radius 3 is 3.00 bits per heavy atom. The molecule has 5 nitrogen and oxygen atoms in total. The van der Waals surface area contributed by atoms with Crippen molar-refractivity contribution in [2.75, 3.05) is 13.7 Å². The highest BCUT2D eigenvalue weighted by atomic mass is 35.5. The highest BCUT2D eigenvalue weighted by molar-refractivity contribution is 6.30. The molecular formula is C14H17ClN2O3. The van der Waals surface area contributed by atoms with Crippen LogP contribution in [0.5, 0.6) is 0 Å². The third-order valence-electron chi connectivity index (χ3n) is 3.28. The van der Waals surface area contributed by atoms with Crippen molar-refractivity contribution in [3.05, 3.63) is 34.9 Å². The van der Waals surface area contributed by atoms with Gasteiger partial charge in [0.25, 0.3) is 0 Å². The number of rotatable bonds is 5. The van der Waals surface area contributed by atoms with Crippen LogP contribution in [0.2, 0.25) is 5.02 Å². The van der Waals surface area contributed by atoms with Crippen LogP contribution < -0.4 is 10.6 Å². The molecule has 1 saturated heterocycles. The first kappa shape index (κ1) is 14.8. The van der Waals surface area contributed by atoms with Gasteiger partial charge >= 0.3 is 0 Å². The maximum absolute atomic E-state index is 11.9. The molecule has 0 aromatic heterocycles. The quantitative estimate of drug-likeness (QED) is 0.863. The van der Waals surface area contributed by atoms with E-state index in [1.165, 1.54) is 0 Å². The van der Waals surface area contributed by atoms with Crippen LogP contribution in [-0.2, 0) is 14.3 Å². The van der Waals surface area contributed by atoms with E-state index in [0.717, 1.165) is 5.56 Å². The summed E-state index contributed by atoms with van der Waals surface area (Å²) in [5.74, 6) is -0.261. The molecule has 2 atom stereocenters. The number of nitrogens with one attached hydrogen (secondary N) is 2. The fourth-order valence-corrected chi connectivity index (χ4v) is 2.37. The molecule has 1 fully saturated rings. The van der Waals surface area contributed by atoms with Gasteiger partial charge in [-0.25, -0.2) is 0 Å². The van der Waals surface area contributed by atoms with Gasteiger partial charge in [-0.05, 0) is 24.1 Å². The number of halogens is 1. The minimum Gasteiger partial charge on any atom is -0.375 e. The Morgan fingerprint density at radius 2 is 2.40 bits per heavy atom. The topological polar surface area (TPSA) is 67.4 Å². The molecule has 20 heavy (non-hydrogen) atoms. The van der Waals surface area contributed by atoms with Gasteiger partial charge in [0.1, 0.15) is 6.04 Å². The van der Waals surface area contributed by atoms with Gasteiger partial charge in [-0.15, -0.1) is 0 Å². The largest absolute Gasteiger partial charge is 0.375 e. The van der Waals surface area contributed by atoms with Gasteiger partial charge in [0.2, 0.25) is 11.8 Å². The summed E-state index contributed by atoms with van der Waals surface area (Å²) in [6, 6.07) is 6.88. The molecule has 108 valence electrons. The predicted molar refractivity (Wildman–Crippen MR) is 75.4 cm³/mol. The molecule has 2 amide bonds. The van der Waals surface area contributed by atoms with Crippen molar-refractivity contribution in [2.45, 2.75) is 25.0 Å². The minimum absolute atomic E-state index is 0.0803. The van der Waals surface area contributed by atoms with Gasteiger partial charge in [0.15, 0.2) is 0 Å². The van der Waals surface area contributed by atoms with Crippen molar-refractivity contribution in [2.24, 2.45) is 0 Å². The lowest BCUT2D eigenvalue weighted by Gasteiger charge is -2.18. The van der Waals surface area contributed by atoms with E-state index in [1.54, 1.807) is 19.2 Å². The van der Waals surface area contributed by atoms with Crippen molar-refractivity contribution < 1.29 is 14.3 Å². The Bertz CT molecular complexity index is 507. The molecule has 0 aliphatic carbocycles. The summed E-state index contributed by atoms with van der Waals surface area (Å²) in [7, 11) is 1.58. The third kappa shape index (κ3) is 3.71. The first-order valence-electron chi connectivity index (χ1n) is 6.45. The van der Waals surface area contributed by atoms with Crippen LogP contribution in [0.4, 0.5) is 0 Å². The van der Waals surface area contributed by atoms with Crippen LogP contribution in [-0.4, -0.2) is 31.5 Å². The molecule has 2 rings (SSSR count). The zero-order valence-electron chi connectivity index (χ0n) is 11.2. The van der Waals surface area contributed by atoms with E-state index in [9.17, 15) is 9.59 Å². The van der Waals surface area contributed by atoms with Crippen molar-refractivity contribution in [3.63, 3.8) is 0 Å². The Labute approximate surface area is 122 Å². The van der Waals surface area contributed by atoms with Gasteiger partial charge in [0.05, 0.1) is 6.10 Å². The molecule has 0 saturated carbocycles. The molecule has 0 bridgehead atoms. The monoisotopic (exact) mass is 296 g/mol. The van der Waals surface area contributed by atoms with Crippen LogP contribution >= 0.6 is 11.6 Å². The SMILES string of the molecule is COC(CNC(=O)[C@H]1CCC(=O)N1)c1cccc(Cl)c1. The number of hydrogen-bond acceptors (Lipinski definition) is 3. The number of carbonyl (C=O) groups excluding carboxylic acids is 2. The van der Waals surface area contributed by atoms with Gasteiger partial charge in [0, 0.05) is 25.1 Å². The van der Waals surface area contributed by atoms with Crippen molar-refractivity contribution >= 4 is 23.4 Å².